The highest BCUT2D eigenvalue weighted by Crippen LogP contribution is 2.38. The van der Waals surface area contributed by atoms with Crippen LogP contribution in [-0.2, 0) is 10.0 Å². The molecule has 0 amide bonds. The van der Waals surface area contributed by atoms with Crippen LogP contribution >= 0.6 is 11.8 Å². The molecule has 1 aliphatic rings. The first-order chi connectivity index (χ1) is 10.0. The molecule has 0 aliphatic heterocycles. The van der Waals surface area contributed by atoms with Crippen molar-refractivity contribution >= 4 is 27.7 Å². The van der Waals surface area contributed by atoms with Crippen LogP contribution in [0.4, 0.5) is 5.95 Å². The number of hydrogen-bond donors (Lipinski definition) is 2. The standard InChI is InChI=1S/C13H22N4O2S2/c1-14-12-15-8-11(9-16-12)21(18,19)17-10-13(20-2)6-4-3-5-7-13/h8-9,17H,3-7,10H2,1-2H3,(H,14,15,16). The van der Waals surface area contributed by atoms with E-state index in [0.717, 1.165) is 12.8 Å². The molecule has 8 heteroatoms. The highest BCUT2D eigenvalue weighted by molar-refractivity contribution is 8.00. The summed E-state index contributed by atoms with van der Waals surface area (Å²) in [6, 6.07) is 0. The fourth-order valence-corrected chi connectivity index (χ4v) is 4.56. The Balaban J connectivity index is 2.06. The van der Waals surface area contributed by atoms with Crippen molar-refractivity contribution in [2.45, 2.75) is 41.7 Å². The van der Waals surface area contributed by atoms with Crippen molar-refractivity contribution in [3.05, 3.63) is 12.4 Å². The van der Waals surface area contributed by atoms with Crippen molar-refractivity contribution in [2.24, 2.45) is 0 Å². The van der Waals surface area contributed by atoms with Crippen molar-refractivity contribution in [1.29, 1.82) is 0 Å². The van der Waals surface area contributed by atoms with E-state index in [0.29, 0.717) is 12.5 Å². The molecule has 1 saturated carbocycles. The van der Waals surface area contributed by atoms with Crippen molar-refractivity contribution in [3.63, 3.8) is 0 Å². The Kier molecular flexibility index (Phi) is 5.45. The summed E-state index contributed by atoms with van der Waals surface area (Å²) in [5, 5.41) is 2.76. The van der Waals surface area contributed by atoms with Gasteiger partial charge < -0.3 is 5.32 Å². The van der Waals surface area contributed by atoms with Crippen LogP contribution in [0.3, 0.4) is 0 Å². The molecule has 118 valence electrons. The zero-order valence-electron chi connectivity index (χ0n) is 12.4. The van der Waals surface area contributed by atoms with Gasteiger partial charge >= 0.3 is 0 Å². The summed E-state index contributed by atoms with van der Waals surface area (Å²) < 4.78 is 27.4. The Morgan fingerprint density at radius 2 is 1.86 bits per heavy atom. The molecule has 21 heavy (non-hydrogen) atoms. The number of hydrogen-bond acceptors (Lipinski definition) is 6. The van der Waals surface area contributed by atoms with E-state index in [1.807, 2.05) is 0 Å². The van der Waals surface area contributed by atoms with Crippen molar-refractivity contribution in [1.82, 2.24) is 14.7 Å². The minimum Gasteiger partial charge on any atom is -0.357 e. The molecule has 0 radical (unpaired) electrons. The maximum atomic E-state index is 12.3. The number of anilines is 1. The van der Waals surface area contributed by atoms with Gasteiger partial charge in [0, 0.05) is 18.3 Å². The molecule has 0 unspecified atom stereocenters. The third-order valence-electron chi connectivity index (χ3n) is 3.94. The normalized spacial score (nSPS) is 18.4. The Morgan fingerprint density at radius 3 is 2.38 bits per heavy atom. The molecule has 0 atom stereocenters. The first kappa shape index (κ1) is 16.5. The topological polar surface area (TPSA) is 84.0 Å². The molecule has 0 aromatic carbocycles. The van der Waals surface area contributed by atoms with Gasteiger partial charge in [0.15, 0.2) is 0 Å². The van der Waals surface area contributed by atoms with Gasteiger partial charge in [-0.25, -0.2) is 23.1 Å². The molecular weight excluding hydrogens is 308 g/mol. The lowest BCUT2D eigenvalue weighted by molar-refractivity contribution is 0.395. The Hall–Kier alpha value is -0.860. The maximum absolute atomic E-state index is 12.3. The number of sulfonamides is 1. The summed E-state index contributed by atoms with van der Waals surface area (Å²) in [6.45, 7) is 0.463. The monoisotopic (exact) mass is 330 g/mol. The second-order valence-electron chi connectivity index (χ2n) is 5.26. The summed E-state index contributed by atoms with van der Waals surface area (Å²) in [7, 11) is -1.86. The van der Waals surface area contributed by atoms with Gasteiger partial charge in [0.2, 0.25) is 16.0 Å². The number of thioether (sulfide) groups is 1. The first-order valence-corrected chi connectivity index (χ1v) is 9.77. The average molecular weight is 330 g/mol. The van der Waals surface area contributed by atoms with Crippen LogP contribution in [0.5, 0.6) is 0 Å². The summed E-state index contributed by atoms with van der Waals surface area (Å²) >= 11 is 1.77. The Labute approximate surface area is 130 Å². The molecule has 1 aromatic rings. The average Bonchev–Trinajstić information content (AvgIpc) is 2.54. The molecule has 1 fully saturated rings. The van der Waals surface area contributed by atoms with Crippen molar-refractivity contribution in [2.75, 3.05) is 25.2 Å². The quantitative estimate of drug-likeness (QED) is 0.828. The SMILES string of the molecule is CNc1ncc(S(=O)(=O)NCC2(SC)CCCCC2)cn1. The molecule has 2 rings (SSSR count). The summed E-state index contributed by atoms with van der Waals surface area (Å²) in [6.07, 6.45) is 10.4. The van der Waals surface area contributed by atoms with Gasteiger partial charge in [-0.15, -0.1) is 0 Å². The minimum absolute atomic E-state index is 0.0249. The van der Waals surface area contributed by atoms with Crippen LogP contribution in [0.15, 0.2) is 17.3 Å². The van der Waals surface area contributed by atoms with Crippen LogP contribution in [0.25, 0.3) is 0 Å². The lowest BCUT2D eigenvalue weighted by Crippen LogP contribution is -2.41. The molecule has 0 bridgehead atoms. The van der Waals surface area contributed by atoms with E-state index < -0.39 is 10.0 Å². The van der Waals surface area contributed by atoms with Crippen molar-refractivity contribution in [3.8, 4) is 0 Å². The smallest absolute Gasteiger partial charge is 0.243 e. The fourth-order valence-electron chi connectivity index (χ4n) is 2.54. The van der Waals surface area contributed by atoms with Gasteiger partial charge in [-0.1, -0.05) is 19.3 Å². The Morgan fingerprint density at radius 1 is 1.24 bits per heavy atom. The van der Waals surface area contributed by atoms with Crippen LogP contribution in [-0.4, -0.2) is 43.0 Å². The van der Waals surface area contributed by atoms with E-state index in [1.54, 1.807) is 18.8 Å². The zero-order valence-corrected chi connectivity index (χ0v) is 14.1. The summed E-state index contributed by atoms with van der Waals surface area (Å²) in [5.74, 6) is 0.404. The molecule has 1 aromatic heterocycles. The highest BCUT2D eigenvalue weighted by Gasteiger charge is 2.32. The second kappa shape index (κ2) is 6.93. The Bertz CT molecular complexity index is 554. The van der Waals surface area contributed by atoms with E-state index >= 15 is 0 Å². The molecule has 0 saturated heterocycles. The van der Waals surface area contributed by atoms with Crippen molar-refractivity contribution < 1.29 is 8.42 Å². The first-order valence-electron chi connectivity index (χ1n) is 7.06. The van der Waals surface area contributed by atoms with Gasteiger partial charge in [-0.05, 0) is 19.1 Å². The van der Waals surface area contributed by atoms with Gasteiger partial charge in [-0.3, -0.25) is 0 Å². The van der Waals surface area contributed by atoms with Crippen LogP contribution in [0.2, 0.25) is 0 Å². The lowest BCUT2D eigenvalue weighted by Gasteiger charge is -2.35. The molecule has 1 heterocycles. The fraction of sp³-hybridized carbons (Fsp3) is 0.692. The van der Waals surface area contributed by atoms with Gasteiger partial charge in [0.05, 0.1) is 12.4 Å². The van der Waals surface area contributed by atoms with Crippen LogP contribution < -0.4 is 10.0 Å². The van der Waals surface area contributed by atoms with E-state index in [9.17, 15) is 8.42 Å². The van der Waals surface area contributed by atoms with Gasteiger partial charge in [0.1, 0.15) is 4.90 Å². The zero-order chi connectivity index (χ0) is 15.3. The van der Waals surface area contributed by atoms with E-state index in [-0.39, 0.29) is 9.64 Å². The second-order valence-corrected chi connectivity index (χ2v) is 8.31. The summed E-state index contributed by atoms with van der Waals surface area (Å²) in [4.78, 5) is 8.00. The largest absolute Gasteiger partial charge is 0.357 e. The third kappa shape index (κ3) is 4.08. The van der Waals surface area contributed by atoms with Crippen LogP contribution in [0, 0.1) is 0 Å². The number of nitrogens with zero attached hydrogens (tertiary/aromatic N) is 2. The predicted molar refractivity (Wildman–Crippen MR) is 86.1 cm³/mol. The lowest BCUT2D eigenvalue weighted by atomic mass is 9.88. The number of nitrogens with one attached hydrogen (secondary N) is 2. The maximum Gasteiger partial charge on any atom is 0.243 e. The molecular formula is C13H22N4O2S2. The summed E-state index contributed by atoms with van der Waals surface area (Å²) in [5.41, 5.74) is 0. The molecule has 2 N–H and O–H groups in total. The minimum atomic E-state index is -3.55. The van der Waals surface area contributed by atoms with E-state index in [4.69, 9.17) is 0 Å². The highest BCUT2D eigenvalue weighted by atomic mass is 32.2. The molecule has 1 aliphatic carbocycles. The number of aromatic nitrogens is 2. The number of rotatable bonds is 6. The van der Waals surface area contributed by atoms with E-state index in [2.05, 4.69) is 26.3 Å². The molecule has 6 nitrogen and oxygen atoms in total. The van der Waals surface area contributed by atoms with E-state index in [1.165, 1.54) is 31.7 Å². The van der Waals surface area contributed by atoms with Gasteiger partial charge in [0.25, 0.3) is 0 Å². The third-order valence-corrected chi connectivity index (χ3v) is 6.72. The van der Waals surface area contributed by atoms with Crippen LogP contribution in [0.1, 0.15) is 32.1 Å². The molecule has 0 spiro atoms. The van der Waals surface area contributed by atoms with Gasteiger partial charge in [-0.2, -0.15) is 11.8 Å². The predicted octanol–water partition coefficient (Wildman–Crippen LogP) is 1.86.